The van der Waals surface area contributed by atoms with E-state index >= 15 is 4.39 Å². The number of hydrogen-bond acceptors (Lipinski definition) is 3. The highest BCUT2D eigenvalue weighted by atomic mass is 19.1. The molecule has 18 heavy (non-hydrogen) atoms. The Morgan fingerprint density at radius 2 is 2.28 bits per heavy atom. The third-order valence-corrected chi connectivity index (χ3v) is 4.67. The Morgan fingerprint density at radius 3 is 2.83 bits per heavy atom. The average Bonchev–Trinajstić information content (AvgIpc) is 2.35. The molecule has 0 aromatic rings. The first-order valence-electron chi connectivity index (χ1n) is 7.16. The normalized spacial score (nSPS) is 29.8. The molecule has 1 aliphatic heterocycles. The van der Waals surface area contributed by atoms with Crippen molar-refractivity contribution in [1.82, 2.24) is 0 Å². The van der Waals surface area contributed by atoms with Gasteiger partial charge in [-0.15, -0.1) is 0 Å². The number of ether oxygens (including phenoxy) is 2. The fourth-order valence-corrected chi connectivity index (χ4v) is 3.42. The number of rotatable bonds is 6. The van der Waals surface area contributed by atoms with Gasteiger partial charge in [-0.1, -0.05) is 0 Å². The van der Waals surface area contributed by atoms with Gasteiger partial charge in [-0.3, -0.25) is 0 Å². The molecule has 0 aromatic carbocycles. The summed E-state index contributed by atoms with van der Waals surface area (Å²) < 4.78 is 26.1. The predicted molar refractivity (Wildman–Crippen MR) is 69.3 cm³/mol. The van der Waals surface area contributed by atoms with Gasteiger partial charge in [0.25, 0.3) is 0 Å². The van der Waals surface area contributed by atoms with E-state index in [0.29, 0.717) is 19.6 Å². The highest BCUT2D eigenvalue weighted by Gasteiger charge is 2.49. The van der Waals surface area contributed by atoms with Crippen molar-refractivity contribution in [1.29, 1.82) is 0 Å². The maximum Gasteiger partial charge on any atom is 0.137 e. The van der Waals surface area contributed by atoms with E-state index in [1.165, 1.54) is 6.42 Å². The van der Waals surface area contributed by atoms with E-state index < -0.39 is 5.67 Å². The Balaban J connectivity index is 2.00. The second-order valence-electron chi connectivity index (χ2n) is 5.93. The van der Waals surface area contributed by atoms with Crippen molar-refractivity contribution >= 4 is 0 Å². The third kappa shape index (κ3) is 2.86. The van der Waals surface area contributed by atoms with Gasteiger partial charge in [0, 0.05) is 19.6 Å². The molecule has 2 N–H and O–H groups in total. The molecule has 2 aliphatic rings. The summed E-state index contributed by atoms with van der Waals surface area (Å²) in [6.45, 7) is 1.43. The molecule has 0 aromatic heterocycles. The molecule has 106 valence electrons. The molecule has 1 saturated heterocycles. The second kappa shape index (κ2) is 5.85. The number of methoxy groups -OCH3 is 1. The van der Waals surface area contributed by atoms with Crippen molar-refractivity contribution in [2.45, 2.75) is 56.2 Å². The minimum Gasteiger partial charge on any atom is -0.381 e. The number of halogens is 1. The Labute approximate surface area is 109 Å². The van der Waals surface area contributed by atoms with Gasteiger partial charge in [0.05, 0.1) is 12.2 Å². The highest BCUT2D eigenvalue weighted by Crippen LogP contribution is 2.48. The lowest BCUT2D eigenvalue weighted by Crippen LogP contribution is -2.51. The Bertz CT molecular complexity index is 271. The monoisotopic (exact) mass is 259 g/mol. The van der Waals surface area contributed by atoms with Crippen molar-refractivity contribution in [3.8, 4) is 0 Å². The Kier molecular flexibility index (Phi) is 4.62. The Hall–Kier alpha value is -0.190. The summed E-state index contributed by atoms with van der Waals surface area (Å²) in [5.74, 6) is 0.0676. The molecule has 2 unspecified atom stereocenters. The largest absolute Gasteiger partial charge is 0.381 e. The molecule has 0 amide bonds. The number of alkyl halides is 1. The topological polar surface area (TPSA) is 44.5 Å². The summed E-state index contributed by atoms with van der Waals surface area (Å²) in [5.41, 5.74) is 4.29. The van der Waals surface area contributed by atoms with Crippen molar-refractivity contribution < 1.29 is 13.9 Å². The zero-order chi connectivity index (χ0) is 13.1. The Morgan fingerprint density at radius 1 is 1.50 bits per heavy atom. The molecule has 2 fully saturated rings. The van der Waals surface area contributed by atoms with Crippen LogP contribution in [0.15, 0.2) is 0 Å². The molecular formula is C14H26FNO2. The van der Waals surface area contributed by atoms with Crippen molar-refractivity contribution in [2.24, 2.45) is 11.7 Å². The van der Waals surface area contributed by atoms with Gasteiger partial charge in [0.2, 0.25) is 0 Å². The molecule has 4 heteroatoms. The second-order valence-corrected chi connectivity index (χ2v) is 5.93. The quantitative estimate of drug-likeness (QED) is 0.796. The van der Waals surface area contributed by atoms with E-state index in [1.54, 1.807) is 7.11 Å². The molecular weight excluding hydrogens is 233 g/mol. The van der Waals surface area contributed by atoms with Crippen LogP contribution in [-0.2, 0) is 9.47 Å². The van der Waals surface area contributed by atoms with Gasteiger partial charge in [0.1, 0.15) is 5.67 Å². The van der Waals surface area contributed by atoms with Crippen LogP contribution in [-0.4, -0.2) is 38.1 Å². The summed E-state index contributed by atoms with van der Waals surface area (Å²) in [6.07, 6.45) is 6.33. The molecule has 1 aliphatic carbocycles. The summed E-state index contributed by atoms with van der Waals surface area (Å²) in [5, 5.41) is 0. The van der Waals surface area contributed by atoms with Gasteiger partial charge < -0.3 is 15.2 Å². The molecule has 2 rings (SSSR count). The van der Waals surface area contributed by atoms with Crippen LogP contribution in [0.1, 0.15) is 44.9 Å². The summed E-state index contributed by atoms with van der Waals surface area (Å²) in [4.78, 5) is 0. The first-order valence-corrected chi connectivity index (χ1v) is 7.16. The standard InChI is InChI=1S/C14H26FNO2/c1-17-11-14(15,7-3-8-16)12-4-9-18-13(10-12)5-2-6-13/h12H,2-11,16H2,1H3. The summed E-state index contributed by atoms with van der Waals surface area (Å²) in [6, 6.07) is 0. The maximum atomic E-state index is 15.1. The van der Waals surface area contributed by atoms with E-state index in [-0.39, 0.29) is 18.1 Å². The van der Waals surface area contributed by atoms with E-state index in [2.05, 4.69) is 0 Å². The minimum absolute atomic E-state index is 0.00326. The molecule has 0 bridgehead atoms. The SMILES string of the molecule is COCC(F)(CCCN)C1CCOC2(CCC2)C1. The number of nitrogens with two attached hydrogens (primary N) is 1. The third-order valence-electron chi connectivity index (χ3n) is 4.67. The first-order chi connectivity index (χ1) is 8.64. The highest BCUT2D eigenvalue weighted by molar-refractivity contribution is 4.99. The van der Waals surface area contributed by atoms with Crippen LogP contribution < -0.4 is 5.73 Å². The first kappa shape index (κ1) is 14.2. The van der Waals surface area contributed by atoms with Crippen LogP contribution >= 0.6 is 0 Å². The van der Waals surface area contributed by atoms with Gasteiger partial charge in [-0.2, -0.15) is 0 Å². The summed E-state index contributed by atoms with van der Waals surface area (Å²) in [7, 11) is 1.58. The van der Waals surface area contributed by atoms with Crippen molar-refractivity contribution in [2.75, 3.05) is 26.9 Å². The zero-order valence-corrected chi connectivity index (χ0v) is 11.4. The molecule has 1 heterocycles. The van der Waals surface area contributed by atoms with Crippen LogP contribution in [0, 0.1) is 5.92 Å². The van der Waals surface area contributed by atoms with Gasteiger partial charge in [0.15, 0.2) is 0 Å². The average molecular weight is 259 g/mol. The van der Waals surface area contributed by atoms with E-state index in [1.807, 2.05) is 0 Å². The van der Waals surface area contributed by atoms with Crippen LogP contribution in [0.5, 0.6) is 0 Å². The molecule has 1 saturated carbocycles. The molecule has 0 radical (unpaired) electrons. The minimum atomic E-state index is -1.22. The lowest BCUT2D eigenvalue weighted by molar-refractivity contribution is -0.170. The van der Waals surface area contributed by atoms with E-state index in [9.17, 15) is 0 Å². The fraction of sp³-hybridized carbons (Fsp3) is 1.00. The van der Waals surface area contributed by atoms with Crippen LogP contribution in [0.2, 0.25) is 0 Å². The van der Waals surface area contributed by atoms with Crippen LogP contribution in [0.3, 0.4) is 0 Å². The predicted octanol–water partition coefficient (Wildman–Crippen LogP) is 2.43. The van der Waals surface area contributed by atoms with Crippen LogP contribution in [0.4, 0.5) is 4.39 Å². The zero-order valence-electron chi connectivity index (χ0n) is 11.4. The molecule has 2 atom stereocenters. The summed E-state index contributed by atoms with van der Waals surface area (Å²) >= 11 is 0. The van der Waals surface area contributed by atoms with Crippen molar-refractivity contribution in [3.63, 3.8) is 0 Å². The fourth-order valence-electron chi connectivity index (χ4n) is 3.42. The van der Waals surface area contributed by atoms with Crippen LogP contribution in [0.25, 0.3) is 0 Å². The van der Waals surface area contributed by atoms with Gasteiger partial charge >= 0.3 is 0 Å². The molecule has 3 nitrogen and oxygen atoms in total. The van der Waals surface area contributed by atoms with E-state index in [0.717, 1.165) is 32.1 Å². The van der Waals surface area contributed by atoms with E-state index in [4.69, 9.17) is 15.2 Å². The lowest BCUT2D eigenvalue weighted by Gasteiger charge is -2.50. The number of hydrogen-bond donors (Lipinski definition) is 1. The van der Waals surface area contributed by atoms with Gasteiger partial charge in [-0.05, 0) is 51.5 Å². The van der Waals surface area contributed by atoms with Crippen molar-refractivity contribution in [3.05, 3.63) is 0 Å². The smallest absolute Gasteiger partial charge is 0.137 e. The lowest BCUT2D eigenvalue weighted by atomic mass is 9.67. The van der Waals surface area contributed by atoms with Gasteiger partial charge in [-0.25, -0.2) is 4.39 Å². The molecule has 1 spiro atoms. The maximum absolute atomic E-state index is 15.1.